The molecule has 9 nitrogen and oxygen atoms in total. The highest BCUT2D eigenvalue weighted by molar-refractivity contribution is 6.00. The molecule has 0 heterocycles. The summed E-state index contributed by atoms with van der Waals surface area (Å²) in [6.45, 7) is 0. The van der Waals surface area contributed by atoms with E-state index in [0.717, 1.165) is 0 Å². The molecule has 3 amide bonds. The molecule has 3 aromatic rings. The third kappa shape index (κ3) is 5.37. The number of para-hydroxylation sites is 1. The third-order valence-electron chi connectivity index (χ3n) is 4.26. The van der Waals surface area contributed by atoms with E-state index in [1.807, 2.05) is 5.43 Å². The van der Waals surface area contributed by atoms with Gasteiger partial charge in [0.2, 0.25) is 0 Å². The average molecular weight is 438 g/mol. The number of hydrogen-bond acceptors (Lipinski definition) is 6. The lowest BCUT2D eigenvalue weighted by atomic mass is 10.2. The zero-order valence-corrected chi connectivity index (χ0v) is 16.8. The van der Waals surface area contributed by atoms with Gasteiger partial charge in [-0.2, -0.15) is 0 Å². The van der Waals surface area contributed by atoms with Crippen molar-refractivity contribution in [2.75, 3.05) is 17.7 Å². The summed E-state index contributed by atoms with van der Waals surface area (Å²) >= 11 is 0. The van der Waals surface area contributed by atoms with Crippen LogP contribution in [-0.4, -0.2) is 25.0 Å². The highest BCUT2D eigenvalue weighted by Crippen LogP contribution is 2.29. The standard InChI is InChI=1S/C22H19FN4O5/c1-31-19-12-14(20(28)27-24)8-11-18(19)32-21(29)13-6-9-15(10-7-13)25-22(30)26-17-5-3-2-4-16(17)23/h2-12H,24H2,1H3,(H,27,28)(H2,25,26,30). The van der Waals surface area contributed by atoms with Crippen LogP contribution < -0.4 is 31.4 Å². The lowest BCUT2D eigenvalue weighted by Crippen LogP contribution is -2.29. The van der Waals surface area contributed by atoms with E-state index in [1.165, 1.54) is 67.8 Å². The lowest BCUT2D eigenvalue weighted by molar-refractivity contribution is 0.0729. The van der Waals surface area contributed by atoms with Crippen LogP contribution in [-0.2, 0) is 0 Å². The Morgan fingerprint density at radius 1 is 0.875 bits per heavy atom. The molecule has 0 aliphatic carbocycles. The predicted molar refractivity (Wildman–Crippen MR) is 115 cm³/mol. The molecule has 0 aliphatic heterocycles. The molecule has 0 spiro atoms. The molecule has 5 N–H and O–H groups in total. The summed E-state index contributed by atoms with van der Waals surface area (Å²) < 4.78 is 24.1. The molecule has 0 saturated carbocycles. The van der Waals surface area contributed by atoms with Crippen molar-refractivity contribution in [3.8, 4) is 11.5 Å². The number of benzene rings is 3. The number of hydrazine groups is 1. The summed E-state index contributed by atoms with van der Waals surface area (Å²) in [4.78, 5) is 36.1. The Labute approximate surface area is 182 Å². The molecule has 164 valence electrons. The topological polar surface area (TPSA) is 132 Å². The number of carbonyl (C=O) groups is 3. The minimum atomic E-state index is -0.679. The van der Waals surface area contributed by atoms with E-state index in [0.29, 0.717) is 5.69 Å². The molecule has 0 saturated heterocycles. The number of ether oxygens (including phenoxy) is 2. The van der Waals surface area contributed by atoms with Crippen LogP contribution >= 0.6 is 0 Å². The Bertz CT molecular complexity index is 1150. The van der Waals surface area contributed by atoms with Gasteiger partial charge in [0.25, 0.3) is 5.91 Å². The van der Waals surface area contributed by atoms with Gasteiger partial charge in [0.05, 0.1) is 18.4 Å². The third-order valence-corrected chi connectivity index (χ3v) is 4.26. The van der Waals surface area contributed by atoms with Crippen molar-refractivity contribution in [2.24, 2.45) is 5.84 Å². The molecule has 0 radical (unpaired) electrons. The molecule has 0 aromatic heterocycles. The fraction of sp³-hybridized carbons (Fsp3) is 0.0455. The van der Waals surface area contributed by atoms with Crippen LogP contribution in [0.1, 0.15) is 20.7 Å². The number of hydrogen-bond donors (Lipinski definition) is 4. The quantitative estimate of drug-likeness (QED) is 0.154. The first kappa shape index (κ1) is 22.2. The Morgan fingerprint density at radius 2 is 1.56 bits per heavy atom. The second-order valence-corrected chi connectivity index (χ2v) is 6.36. The molecule has 3 aromatic carbocycles. The van der Waals surface area contributed by atoms with E-state index in [2.05, 4.69) is 10.6 Å². The number of amides is 3. The summed E-state index contributed by atoms with van der Waals surface area (Å²) in [6, 6.07) is 15.2. The molecular formula is C22H19FN4O5. The summed E-state index contributed by atoms with van der Waals surface area (Å²) in [7, 11) is 1.36. The maximum Gasteiger partial charge on any atom is 0.343 e. The number of halogens is 1. The molecule has 32 heavy (non-hydrogen) atoms. The number of methoxy groups -OCH3 is 1. The predicted octanol–water partition coefficient (Wildman–Crippen LogP) is 3.30. The smallest absolute Gasteiger partial charge is 0.343 e. The normalized spacial score (nSPS) is 10.1. The maximum absolute atomic E-state index is 13.6. The first-order chi connectivity index (χ1) is 15.4. The minimum absolute atomic E-state index is 0.0362. The number of nitrogens with one attached hydrogen (secondary N) is 3. The fourth-order valence-electron chi connectivity index (χ4n) is 2.67. The summed E-state index contributed by atoms with van der Waals surface area (Å²) in [5.41, 5.74) is 2.85. The van der Waals surface area contributed by atoms with Crippen molar-refractivity contribution in [1.29, 1.82) is 0 Å². The second-order valence-electron chi connectivity index (χ2n) is 6.36. The van der Waals surface area contributed by atoms with E-state index in [9.17, 15) is 18.8 Å². The van der Waals surface area contributed by atoms with Gasteiger partial charge >= 0.3 is 12.0 Å². The van der Waals surface area contributed by atoms with Crippen LogP contribution in [0.5, 0.6) is 11.5 Å². The van der Waals surface area contributed by atoms with Crippen LogP contribution in [0.3, 0.4) is 0 Å². The maximum atomic E-state index is 13.6. The van der Waals surface area contributed by atoms with Gasteiger partial charge in [0, 0.05) is 11.3 Å². The zero-order chi connectivity index (χ0) is 23.1. The van der Waals surface area contributed by atoms with Gasteiger partial charge in [-0.15, -0.1) is 0 Å². The summed E-state index contributed by atoms with van der Waals surface area (Å²) in [5.74, 6) is 3.62. The van der Waals surface area contributed by atoms with E-state index in [1.54, 1.807) is 6.07 Å². The Hall–Kier alpha value is -4.44. The fourth-order valence-corrected chi connectivity index (χ4v) is 2.67. The number of esters is 1. The Morgan fingerprint density at radius 3 is 2.22 bits per heavy atom. The number of urea groups is 1. The van der Waals surface area contributed by atoms with Crippen LogP contribution in [0.15, 0.2) is 66.7 Å². The number of rotatable bonds is 6. The first-order valence-electron chi connectivity index (χ1n) is 9.25. The zero-order valence-electron chi connectivity index (χ0n) is 16.8. The van der Waals surface area contributed by atoms with Crippen molar-refractivity contribution in [3.63, 3.8) is 0 Å². The van der Waals surface area contributed by atoms with Gasteiger partial charge in [-0.25, -0.2) is 19.8 Å². The second kappa shape index (κ2) is 10.0. The molecule has 0 bridgehead atoms. The average Bonchev–Trinajstić information content (AvgIpc) is 2.80. The van der Waals surface area contributed by atoms with Crippen molar-refractivity contribution >= 4 is 29.3 Å². The Balaban J connectivity index is 1.64. The lowest BCUT2D eigenvalue weighted by Gasteiger charge is -2.11. The number of carbonyl (C=O) groups excluding carboxylic acids is 3. The first-order valence-corrected chi connectivity index (χ1v) is 9.25. The van der Waals surface area contributed by atoms with Crippen molar-refractivity contribution in [1.82, 2.24) is 5.43 Å². The van der Waals surface area contributed by atoms with E-state index < -0.39 is 23.7 Å². The van der Waals surface area contributed by atoms with Gasteiger partial charge in [-0.1, -0.05) is 12.1 Å². The van der Waals surface area contributed by atoms with E-state index in [-0.39, 0.29) is 28.3 Å². The number of nitrogens with two attached hydrogens (primary N) is 1. The number of nitrogen functional groups attached to an aromatic ring is 1. The highest BCUT2D eigenvalue weighted by Gasteiger charge is 2.15. The van der Waals surface area contributed by atoms with Crippen LogP contribution in [0.4, 0.5) is 20.6 Å². The van der Waals surface area contributed by atoms with Gasteiger partial charge < -0.3 is 20.1 Å². The summed E-state index contributed by atoms with van der Waals surface area (Å²) in [5, 5.41) is 4.93. The van der Waals surface area contributed by atoms with Gasteiger partial charge in [0.15, 0.2) is 11.5 Å². The largest absolute Gasteiger partial charge is 0.493 e. The SMILES string of the molecule is COc1cc(C(=O)NN)ccc1OC(=O)c1ccc(NC(=O)Nc2ccccc2F)cc1. The molecular weight excluding hydrogens is 419 g/mol. The van der Waals surface area contributed by atoms with E-state index in [4.69, 9.17) is 15.3 Å². The molecule has 3 rings (SSSR count). The summed E-state index contributed by atoms with van der Waals surface area (Å²) in [6.07, 6.45) is 0. The van der Waals surface area contributed by atoms with Crippen LogP contribution in [0.25, 0.3) is 0 Å². The molecule has 0 fully saturated rings. The Kier molecular flexibility index (Phi) is 6.99. The van der Waals surface area contributed by atoms with Crippen molar-refractivity contribution in [2.45, 2.75) is 0 Å². The highest BCUT2D eigenvalue weighted by atomic mass is 19.1. The molecule has 10 heteroatoms. The van der Waals surface area contributed by atoms with Gasteiger partial charge in [-0.05, 0) is 54.6 Å². The monoisotopic (exact) mass is 438 g/mol. The van der Waals surface area contributed by atoms with Crippen LogP contribution in [0, 0.1) is 5.82 Å². The molecule has 0 aliphatic rings. The van der Waals surface area contributed by atoms with Crippen LogP contribution in [0.2, 0.25) is 0 Å². The number of anilines is 2. The van der Waals surface area contributed by atoms with Gasteiger partial charge in [0.1, 0.15) is 5.82 Å². The van der Waals surface area contributed by atoms with Gasteiger partial charge in [-0.3, -0.25) is 10.2 Å². The molecule has 0 unspecified atom stereocenters. The van der Waals surface area contributed by atoms with E-state index >= 15 is 0 Å². The van der Waals surface area contributed by atoms with Crippen molar-refractivity contribution < 1.29 is 28.2 Å². The minimum Gasteiger partial charge on any atom is -0.493 e. The molecule has 0 atom stereocenters. The van der Waals surface area contributed by atoms with Crippen molar-refractivity contribution in [3.05, 3.63) is 83.7 Å².